The molecule has 0 aliphatic heterocycles. The monoisotopic (exact) mass is 363 g/mol. The van der Waals surface area contributed by atoms with E-state index in [9.17, 15) is 8.42 Å². The summed E-state index contributed by atoms with van der Waals surface area (Å²) in [7, 11) is -3.66. The maximum atomic E-state index is 12.8. The second-order valence-corrected chi connectivity index (χ2v) is 8.00. The zero-order valence-electron chi connectivity index (χ0n) is 13.4. The van der Waals surface area contributed by atoms with Crippen LogP contribution in [0.3, 0.4) is 0 Å². The van der Waals surface area contributed by atoms with Gasteiger partial charge in [-0.3, -0.25) is 0 Å². The molecule has 2 aromatic heterocycles. The molecule has 7 heteroatoms. The lowest BCUT2D eigenvalue weighted by Gasteiger charge is -2.07. The number of sulfonamides is 1. The number of rotatable bonds is 5. The molecule has 0 atom stereocenters. The molecule has 0 aliphatic carbocycles. The van der Waals surface area contributed by atoms with E-state index in [1.54, 1.807) is 42.7 Å². The van der Waals surface area contributed by atoms with Crippen LogP contribution >= 0.6 is 11.6 Å². The fourth-order valence-electron chi connectivity index (χ4n) is 2.56. The van der Waals surface area contributed by atoms with E-state index < -0.39 is 10.0 Å². The predicted octanol–water partition coefficient (Wildman–Crippen LogP) is 3.75. The van der Waals surface area contributed by atoms with E-state index in [4.69, 9.17) is 11.6 Å². The van der Waals surface area contributed by atoms with Gasteiger partial charge in [0.25, 0.3) is 0 Å². The molecule has 0 saturated heterocycles. The van der Waals surface area contributed by atoms with Gasteiger partial charge >= 0.3 is 0 Å². The third kappa shape index (κ3) is 3.31. The Balaban J connectivity index is 1.96. The number of pyridine rings is 1. The Morgan fingerprint density at radius 3 is 2.75 bits per heavy atom. The molecule has 0 aliphatic rings. The van der Waals surface area contributed by atoms with Crippen molar-refractivity contribution in [3.63, 3.8) is 0 Å². The van der Waals surface area contributed by atoms with Crippen molar-refractivity contribution in [1.82, 2.24) is 14.3 Å². The maximum Gasteiger partial charge on any atom is 0.243 e. The number of hydrogen-bond acceptors (Lipinski definition) is 3. The van der Waals surface area contributed by atoms with Crippen LogP contribution in [0.2, 0.25) is 5.02 Å². The van der Waals surface area contributed by atoms with Gasteiger partial charge in [-0.25, -0.2) is 18.1 Å². The summed E-state index contributed by atoms with van der Waals surface area (Å²) < 4.78 is 30.0. The maximum absolute atomic E-state index is 12.8. The van der Waals surface area contributed by atoms with Crippen molar-refractivity contribution in [3.8, 4) is 0 Å². The van der Waals surface area contributed by atoms with Crippen LogP contribution in [0.5, 0.6) is 0 Å². The highest BCUT2D eigenvalue weighted by molar-refractivity contribution is 7.89. The molecule has 24 heavy (non-hydrogen) atoms. The van der Waals surface area contributed by atoms with Gasteiger partial charge in [-0.2, -0.15) is 0 Å². The molecule has 3 aromatic rings. The number of halogens is 1. The SMILES string of the molecule is CC(C)n1cc(S(=O)(=O)NCc2cccc(Cl)c2)c2cccnc21. The molecule has 0 fully saturated rings. The third-order valence-electron chi connectivity index (χ3n) is 3.75. The summed E-state index contributed by atoms with van der Waals surface area (Å²) >= 11 is 5.94. The number of nitrogens with zero attached hydrogens (tertiary/aromatic N) is 2. The molecule has 0 radical (unpaired) electrons. The first kappa shape index (κ1) is 17.0. The largest absolute Gasteiger partial charge is 0.329 e. The number of hydrogen-bond donors (Lipinski definition) is 1. The molecule has 3 rings (SSSR count). The van der Waals surface area contributed by atoms with Crippen LogP contribution in [-0.2, 0) is 16.6 Å². The van der Waals surface area contributed by atoms with Gasteiger partial charge < -0.3 is 4.57 Å². The van der Waals surface area contributed by atoms with Crippen LogP contribution in [0.25, 0.3) is 11.0 Å². The van der Waals surface area contributed by atoms with Crippen molar-refractivity contribution in [3.05, 3.63) is 59.4 Å². The Labute approximate surface area is 146 Å². The summed E-state index contributed by atoms with van der Waals surface area (Å²) in [4.78, 5) is 4.56. The van der Waals surface area contributed by atoms with Crippen LogP contribution in [0.1, 0.15) is 25.5 Å². The summed E-state index contributed by atoms with van der Waals surface area (Å²) in [5.41, 5.74) is 1.47. The average Bonchev–Trinajstić information content (AvgIpc) is 2.94. The Morgan fingerprint density at radius 1 is 1.25 bits per heavy atom. The quantitative estimate of drug-likeness (QED) is 0.750. The Kier molecular flexibility index (Phi) is 4.62. The molecule has 0 bridgehead atoms. The average molecular weight is 364 g/mol. The minimum absolute atomic E-state index is 0.110. The Bertz CT molecular complexity index is 980. The van der Waals surface area contributed by atoms with Crippen LogP contribution < -0.4 is 4.72 Å². The van der Waals surface area contributed by atoms with E-state index >= 15 is 0 Å². The van der Waals surface area contributed by atoms with Gasteiger partial charge in [0.1, 0.15) is 10.5 Å². The highest BCUT2D eigenvalue weighted by Gasteiger charge is 2.22. The number of nitrogens with one attached hydrogen (secondary N) is 1. The van der Waals surface area contributed by atoms with E-state index in [0.717, 1.165) is 5.56 Å². The van der Waals surface area contributed by atoms with Gasteiger partial charge in [-0.1, -0.05) is 23.7 Å². The highest BCUT2D eigenvalue weighted by Crippen LogP contribution is 2.26. The van der Waals surface area contributed by atoms with Crippen molar-refractivity contribution in [1.29, 1.82) is 0 Å². The van der Waals surface area contributed by atoms with Crippen molar-refractivity contribution < 1.29 is 8.42 Å². The van der Waals surface area contributed by atoms with Crippen molar-refractivity contribution in [2.45, 2.75) is 31.3 Å². The van der Waals surface area contributed by atoms with Crippen molar-refractivity contribution in [2.75, 3.05) is 0 Å². The minimum Gasteiger partial charge on any atom is -0.329 e. The van der Waals surface area contributed by atoms with Crippen molar-refractivity contribution in [2.24, 2.45) is 0 Å². The summed E-state index contributed by atoms with van der Waals surface area (Å²) in [6.45, 7) is 4.16. The van der Waals surface area contributed by atoms with E-state index in [1.165, 1.54) is 0 Å². The van der Waals surface area contributed by atoms with Gasteiger partial charge in [-0.05, 0) is 43.7 Å². The van der Waals surface area contributed by atoms with Crippen LogP contribution in [0, 0.1) is 0 Å². The lowest BCUT2D eigenvalue weighted by Crippen LogP contribution is -2.23. The molecule has 0 unspecified atom stereocenters. The third-order valence-corrected chi connectivity index (χ3v) is 5.42. The molecular weight excluding hydrogens is 346 g/mol. The first-order chi connectivity index (χ1) is 11.4. The van der Waals surface area contributed by atoms with E-state index in [1.807, 2.05) is 24.5 Å². The first-order valence-electron chi connectivity index (χ1n) is 7.58. The van der Waals surface area contributed by atoms with E-state index in [-0.39, 0.29) is 17.5 Å². The molecule has 1 aromatic carbocycles. The predicted molar refractivity (Wildman–Crippen MR) is 95.6 cm³/mol. The fraction of sp³-hybridized carbons (Fsp3) is 0.235. The van der Waals surface area contributed by atoms with E-state index in [0.29, 0.717) is 16.1 Å². The molecule has 5 nitrogen and oxygen atoms in total. The molecule has 0 amide bonds. The molecule has 1 N–H and O–H groups in total. The zero-order valence-corrected chi connectivity index (χ0v) is 15.0. The summed E-state index contributed by atoms with van der Waals surface area (Å²) in [5.74, 6) is 0. The van der Waals surface area contributed by atoms with Gasteiger partial charge in [-0.15, -0.1) is 0 Å². The summed E-state index contributed by atoms with van der Waals surface area (Å²) in [5, 5.41) is 1.19. The highest BCUT2D eigenvalue weighted by atomic mass is 35.5. The lowest BCUT2D eigenvalue weighted by atomic mass is 10.2. The molecule has 0 saturated carbocycles. The second kappa shape index (κ2) is 6.55. The number of aromatic nitrogens is 2. The van der Waals surface area contributed by atoms with Gasteiger partial charge in [0, 0.05) is 35.4 Å². The summed E-state index contributed by atoms with van der Waals surface area (Å²) in [6, 6.07) is 10.7. The smallest absolute Gasteiger partial charge is 0.243 e. The lowest BCUT2D eigenvalue weighted by molar-refractivity contribution is 0.579. The standard InChI is InChI=1S/C17H18ClN3O2S/c1-12(2)21-11-16(15-7-4-8-19-17(15)21)24(22,23)20-10-13-5-3-6-14(18)9-13/h3-9,11-12,20H,10H2,1-2H3. The van der Waals surface area contributed by atoms with Crippen LogP contribution in [-0.4, -0.2) is 18.0 Å². The van der Waals surface area contributed by atoms with Crippen molar-refractivity contribution >= 4 is 32.7 Å². The minimum atomic E-state index is -3.66. The number of fused-ring (bicyclic) bond motifs is 1. The van der Waals surface area contributed by atoms with Crippen LogP contribution in [0.15, 0.2) is 53.7 Å². The van der Waals surface area contributed by atoms with Gasteiger partial charge in [0.15, 0.2) is 0 Å². The Morgan fingerprint density at radius 2 is 2.04 bits per heavy atom. The second-order valence-electron chi connectivity index (χ2n) is 5.82. The Hall–Kier alpha value is -1.89. The molecule has 2 heterocycles. The van der Waals surface area contributed by atoms with Gasteiger partial charge in [0.05, 0.1) is 0 Å². The fourth-order valence-corrected chi connectivity index (χ4v) is 3.99. The first-order valence-corrected chi connectivity index (χ1v) is 9.44. The zero-order chi connectivity index (χ0) is 17.3. The summed E-state index contributed by atoms with van der Waals surface area (Å²) in [6.07, 6.45) is 3.31. The normalized spacial score (nSPS) is 12.2. The topological polar surface area (TPSA) is 64.0 Å². The molecular formula is C17H18ClN3O2S. The molecule has 0 spiro atoms. The number of benzene rings is 1. The van der Waals surface area contributed by atoms with E-state index in [2.05, 4.69) is 9.71 Å². The molecule has 126 valence electrons. The van der Waals surface area contributed by atoms with Gasteiger partial charge in [0.2, 0.25) is 10.0 Å². The van der Waals surface area contributed by atoms with Crippen LogP contribution in [0.4, 0.5) is 0 Å².